The van der Waals surface area contributed by atoms with Gasteiger partial charge >= 0.3 is 0 Å². The molecule has 2 rings (SSSR count). The Morgan fingerprint density at radius 3 is 3.00 bits per heavy atom. The Morgan fingerprint density at radius 2 is 2.14 bits per heavy atom. The second-order valence-corrected chi connectivity index (χ2v) is 4.58. The highest BCUT2D eigenvalue weighted by atomic mass is 35.5. The summed E-state index contributed by atoms with van der Waals surface area (Å²) in [5, 5.41) is 1.33. The number of thioether (sulfide) groups is 1. The molecule has 0 unspecified atom stereocenters. The highest BCUT2D eigenvalue weighted by Crippen LogP contribution is 2.22. The Labute approximate surface area is 92.8 Å². The van der Waals surface area contributed by atoms with Crippen LogP contribution in [0.15, 0.2) is 30.5 Å². The van der Waals surface area contributed by atoms with Gasteiger partial charge in [0.2, 0.25) is 0 Å². The second kappa shape index (κ2) is 4.76. The number of hydrogen-bond acceptors (Lipinski definition) is 1. The third-order valence-corrected chi connectivity index (χ3v) is 3.57. The summed E-state index contributed by atoms with van der Waals surface area (Å²) in [5.41, 5.74) is 2.59. The zero-order chi connectivity index (χ0) is 9.80. The molecule has 0 saturated heterocycles. The predicted octanol–water partition coefficient (Wildman–Crippen LogP) is 3.64. The first-order chi connectivity index (χ1) is 6.92. The lowest BCUT2D eigenvalue weighted by Crippen LogP contribution is -1.82. The maximum atomic E-state index is 5.63. The van der Waals surface area contributed by atoms with Crippen LogP contribution in [0.5, 0.6) is 0 Å². The van der Waals surface area contributed by atoms with Crippen LogP contribution in [-0.2, 0) is 5.75 Å². The van der Waals surface area contributed by atoms with Gasteiger partial charge in [0.15, 0.2) is 0 Å². The van der Waals surface area contributed by atoms with E-state index in [1.807, 2.05) is 11.8 Å². The molecule has 0 fully saturated rings. The molecule has 1 N–H and O–H groups in total. The smallest absolute Gasteiger partial charge is 0.0457 e. The molecule has 0 radical (unpaired) electrons. The van der Waals surface area contributed by atoms with Gasteiger partial charge < -0.3 is 4.98 Å². The summed E-state index contributed by atoms with van der Waals surface area (Å²) < 4.78 is 0. The molecule has 3 heteroatoms. The van der Waals surface area contributed by atoms with Gasteiger partial charge in [-0.1, -0.05) is 18.2 Å². The number of halogens is 1. The third-order valence-electron chi connectivity index (χ3n) is 2.15. The van der Waals surface area contributed by atoms with Crippen molar-refractivity contribution in [1.29, 1.82) is 0 Å². The maximum Gasteiger partial charge on any atom is 0.0457 e. The van der Waals surface area contributed by atoms with Crippen molar-refractivity contribution in [2.75, 3.05) is 11.6 Å². The highest BCUT2D eigenvalue weighted by molar-refractivity contribution is 7.98. The van der Waals surface area contributed by atoms with Crippen LogP contribution < -0.4 is 0 Å². The van der Waals surface area contributed by atoms with E-state index in [0.717, 1.165) is 17.4 Å². The quantitative estimate of drug-likeness (QED) is 0.621. The predicted molar refractivity (Wildman–Crippen MR) is 65.2 cm³/mol. The minimum absolute atomic E-state index is 0.729. The average molecular weight is 226 g/mol. The molecule has 0 aliphatic rings. The molecule has 0 aliphatic heterocycles. The molecule has 1 nitrogen and oxygen atoms in total. The zero-order valence-corrected chi connectivity index (χ0v) is 9.37. The van der Waals surface area contributed by atoms with Gasteiger partial charge in [-0.15, -0.1) is 11.6 Å². The zero-order valence-electron chi connectivity index (χ0n) is 7.79. The number of aromatic nitrogens is 1. The van der Waals surface area contributed by atoms with E-state index in [-0.39, 0.29) is 0 Å². The molecule has 0 atom stereocenters. The molecule has 1 heterocycles. The lowest BCUT2D eigenvalue weighted by Gasteiger charge is -1.97. The van der Waals surface area contributed by atoms with E-state index in [9.17, 15) is 0 Å². The summed E-state index contributed by atoms with van der Waals surface area (Å²) in [6.07, 6.45) is 2.09. The van der Waals surface area contributed by atoms with E-state index in [2.05, 4.69) is 35.4 Å². The first-order valence-electron chi connectivity index (χ1n) is 4.60. The summed E-state index contributed by atoms with van der Waals surface area (Å²) >= 11 is 7.51. The number of para-hydroxylation sites is 1. The van der Waals surface area contributed by atoms with E-state index < -0.39 is 0 Å². The number of rotatable bonds is 4. The molecular weight excluding hydrogens is 214 g/mol. The molecule has 0 aliphatic carbocycles. The van der Waals surface area contributed by atoms with Crippen LogP contribution in [0, 0.1) is 0 Å². The molecule has 1 aromatic heterocycles. The van der Waals surface area contributed by atoms with Crippen LogP contribution in [0.1, 0.15) is 5.56 Å². The van der Waals surface area contributed by atoms with Gasteiger partial charge in [-0.2, -0.15) is 11.8 Å². The van der Waals surface area contributed by atoms with E-state index in [4.69, 9.17) is 11.6 Å². The van der Waals surface area contributed by atoms with Gasteiger partial charge in [-0.3, -0.25) is 0 Å². The van der Waals surface area contributed by atoms with Crippen LogP contribution in [0.2, 0.25) is 0 Å². The highest BCUT2D eigenvalue weighted by Gasteiger charge is 2.01. The van der Waals surface area contributed by atoms with Crippen molar-refractivity contribution in [2.24, 2.45) is 0 Å². The number of benzene rings is 1. The van der Waals surface area contributed by atoms with Gasteiger partial charge in [-0.25, -0.2) is 0 Å². The Kier molecular flexibility index (Phi) is 3.38. The van der Waals surface area contributed by atoms with Gasteiger partial charge in [0, 0.05) is 34.5 Å². The van der Waals surface area contributed by atoms with Crippen molar-refractivity contribution in [3.63, 3.8) is 0 Å². The number of hydrogen-bond donors (Lipinski definition) is 1. The largest absolute Gasteiger partial charge is 0.361 e. The summed E-state index contributed by atoms with van der Waals surface area (Å²) in [6.45, 7) is 0. The van der Waals surface area contributed by atoms with Crippen LogP contribution >= 0.6 is 23.4 Å². The summed E-state index contributed by atoms with van der Waals surface area (Å²) in [4.78, 5) is 3.27. The van der Waals surface area contributed by atoms with Crippen molar-refractivity contribution in [3.05, 3.63) is 36.0 Å². The second-order valence-electron chi connectivity index (χ2n) is 3.10. The summed E-state index contributed by atoms with van der Waals surface area (Å²) in [6, 6.07) is 8.38. The van der Waals surface area contributed by atoms with Crippen LogP contribution in [0.4, 0.5) is 0 Å². The average Bonchev–Trinajstić information content (AvgIpc) is 2.63. The fourth-order valence-electron chi connectivity index (χ4n) is 1.49. The van der Waals surface area contributed by atoms with Crippen molar-refractivity contribution >= 4 is 34.3 Å². The lowest BCUT2D eigenvalue weighted by molar-refractivity contribution is 1.39. The lowest BCUT2D eigenvalue weighted by atomic mass is 10.2. The number of alkyl halides is 1. The fraction of sp³-hybridized carbons (Fsp3) is 0.273. The van der Waals surface area contributed by atoms with Crippen molar-refractivity contribution in [1.82, 2.24) is 4.98 Å². The molecule has 0 amide bonds. The standard InChI is InChI=1S/C11H12ClNS/c12-5-6-14-8-9-7-13-11-4-2-1-3-10(9)11/h1-4,7,13H,5-6,8H2. The van der Waals surface area contributed by atoms with E-state index in [0.29, 0.717) is 0 Å². The van der Waals surface area contributed by atoms with Crippen LogP contribution in [0.3, 0.4) is 0 Å². The van der Waals surface area contributed by atoms with Gasteiger partial charge in [-0.05, 0) is 11.6 Å². The molecule has 74 valence electrons. The van der Waals surface area contributed by atoms with E-state index in [1.54, 1.807) is 0 Å². The Bertz CT molecular complexity index is 410. The third kappa shape index (κ3) is 2.07. The summed E-state index contributed by atoms with van der Waals surface area (Å²) in [5.74, 6) is 2.78. The molecule has 0 saturated carbocycles. The first-order valence-corrected chi connectivity index (χ1v) is 6.29. The molecule has 0 spiro atoms. The van der Waals surface area contributed by atoms with Gasteiger partial charge in [0.05, 0.1) is 0 Å². The molecule has 0 bridgehead atoms. The Hall–Kier alpha value is -0.600. The molecule has 14 heavy (non-hydrogen) atoms. The van der Waals surface area contributed by atoms with E-state index >= 15 is 0 Å². The monoisotopic (exact) mass is 225 g/mol. The first kappa shape index (κ1) is 9.94. The Morgan fingerprint density at radius 1 is 1.29 bits per heavy atom. The maximum absolute atomic E-state index is 5.63. The van der Waals surface area contributed by atoms with Crippen molar-refractivity contribution in [2.45, 2.75) is 5.75 Å². The van der Waals surface area contributed by atoms with Crippen LogP contribution in [-0.4, -0.2) is 16.6 Å². The normalized spacial score (nSPS) is 10.9. The minimum atomic E-state index is 0.729. The molecular formula is C11H12ClNS. The molecule has 1 aromatic carbocycles. The van der Waals surface area contributed by atoms with Crippen molar-refractivity contribution < 1.29 is 0 Å². The van der Waals surface area contributed by atoms with Gasteiger partial charge in [0.25, 0.3) is 0 Å². The molecule has 2 aromatic rings. The number of H-pyrrole nitrogens is 1. The van der Waals surface area contributed by atoms with Crippen LogP contribution in [0.25, 0.3) is 10.9 Å². The minimum Gasteiger partial charge on any atom is -0.361 e. The SMILES string of the molecule is ClCCSCc1c[nH]c2ccccc12. The van der Waals surface area contributed by atoms with Crippen molar-refractivity contribution in [3.8, 4) is 0 Å². The van der Waals surface area contributed by atoms with Gasteiger partial charge in [0.1, 0.15) is 0 Å². The number of aromatic amines is 1. The Balaban J connectivity index is 2.17. The topological polar surface area (TPSA) is 15.8 Å². The fourth-order valence-corrected chi connectivity index (χ4v) is 2.53. The van der Waals surface area contributed by atoms with E-state index in [1.165, 1.54) is 16.5 Å². The number of nitrogens with one attached hydrogen (secondary N) is 1. The summed E-state index contributed by atoms with van der Waals surface area (Å²) in [7, 11) is 0. The number of fused-ring (bicyclic) bond motifs is 1.